The minimum Gasteiger partial charge on any atom is -0.466 e. The molecule has 0 fully saturated rings. The van der Waals surface area contributed by atoms with Crippen molar-refractivity contribution in [3.8, 4) is 0 Å². The van der Waals surface area contributed by atoms with Gasteiger partial charge in [0.2, 0.25) is 0 Å². The quantitative estimate of drug-likeness (QED) is 0.293. The molecule has 2 aliphatic rings. The molecule has 2 aliphatic heterocycles. The van der Waals surface area contributed by atoms with Crippen LogP contribution in [0, 0.1) is 0 Å². The molecule has 0 spiro atoms. The maximum absolute atomic E-state index is 14.1. The molecule has 2 aromatic carbocycles. The van der Waals surface area contributed by atoms with Crippen LogP contribution >= 0.6 is 22.9 Å². The van der Waals surface area contributed by atoms with Gasteiger partial charge in [0.1, 0.15) is 4.53 Å². The molecule has 39 heavy (non-hydrogen) atoms. The molecular formula is C30H30ClN3O4S. The number of fused-ring (bicyclic) bond motifs is 2. The number of benzene rings is 2. The number of thiazole rings is 1. The molecule has 1 atom stereocenters. The first kappa shape index (κ1) is 27.1. The Balaban J connectivity index is 1.67. The second-order valence-electron chi connectivity index (χ2n) is 9.71. The summed E-state index contributed by atoms with van der Waals surface area (Å²) in [6.45, 7) is 4.50. The molecular weight excluding hydrogens is 534 g/mol. The van der Waals surface area contributed by atoms with Gasteiger partial charge in [-0.2, -0.15) is 0 Å². The smallest absolute Gasteiger partial charge is 0.338 e. The highest BCUT2D eigenvalue weighted by molar-refractivity contribution is 7.07. The third kappa shape index (κ3) is 4.87. The van der Waals surface area contributed by atoms with Crippen LogP contribution in [-0.4, -0.2) is 30.1 Å². The first-order valence-corrected chi connectivity index (χ1v) is 14.4. The number of ether oxygens (including phenoxy) is 1. The van der Waals surface area contributed by atoms with Gasteiger partial charge in [0.05, 0.1) is 35.7 Å². The van der Waals surface area contributed by atoms with Crippen molar-refractivity contribution in [3.05, 3.63) is 95.6 Å². The van der Waals surface area contributed by atoms with E-state index in [4.69, 9.17) is 16.3 Å². The van der Waals surface area contributed by atoms with Gasteiger partial charge in [-0.15, -0.1) is 0 Å². The number of para-hydroxylation sites is 1. The Morgan fingerprint density at radius 1 is 1.05 bits per heavy atom. The van der Waals surface area contributed by atoms with E-state index < -0.39 is 12.0 Å². The molecule has 5 rings (SSSR count). The van der Waals surface area contributed by atoms with Crippen LogP contribution in [0.4, 0.5) is 5.69 Å². The Hall–Kier alpha value is -3.49. The van der Waals surface area contributed by atoms with Gasteiger partial charge in [-0.05, 0) is 37.1 Å². The van der Waals surface area contributed by atoms with Gasteiger partial charge in [0.15, 0.2) is 4.80 Å². The average molecular weight is 564 g/mol. The summed E-state index contributed by atoms with van der Waals surface area (Å²) >= 11 is 7.31. The van der Waals surface area contributed by atoms with Crippen molar-refractivity contribution in [2.24, 2.45) is 4.99 Å². The summed E-state index contributed by atoms with van der Waals surface area (Å²) in [5, 5.41) is 0.539. The second-order valence-corrected chi connectivity index (χ2v) is 11.1. The Labute approximate surface area is 235 Å². The summed E-state index contributed by atoms with van der Waals surface area (Å²) in [6, 6.07) is 13.8. The minimum atomic E-state index is -0.762. The van der Waals surface area contributed by atoms with Crippen LogP contribution < -0.4 is 19.8 Å². The molecule has 7 nitrogen and oxygen atoms in total. The third-order valence-electron chi connectivity index (χ3n) is 7.22. The maximum Gasteiger partial charge on any atom is 0.338 e. The largest absolute Gasteiger partial charge is 0.466 e. The molecule has 3 heterocycles. The zero-order chi connectivity index (χ0) is 27.7. The number of esters is 1. The molecule has 0 saturated heterocycles. The van der Waals surface area contributed by atoms with E-state index in [0.717, 1.165) is 36.9 Å². The number of allylic oxidation sites excluding steroid dienone is 1. The predicted molar refractivity (Wildman–Crippen MR) is 154 cm³/mol. The number of rotatable bonds is 8. The normalized spacial score (nSPS) is 17.7. The number of carbonyl (C=O) groups is 2. The summed E-state index contributed by atoms with van der Waals surface area (Å²) in [5.74, 6) is -0.741. The minimum absolute atomic E-state index is 0.177. The number of carbonyl (C=O) groups excluding carboxylic acids is 2. The highest BCUT2D eigenvalue weighted by atomic mass is 35.5. The lowest BCUT2D eigenvalue weighted by Crippen LogP contribution is -2.40. The van der Waals surface area contributed by atoms with Crippen molar-refractivity contribution < 1.29 is 14.3 Å². The fraction of sp³-hybridized carbons (Fsp3) is 0.333. The van der Waals surface area contributed by atoms with Crippen LogP contribution in [0.25, 0.3) is 5.57 Å². The van der Waals surface area contributed by atoms with Crippen LogP contribution in [0.5, 0.6) is 0 Å². The summed E-state index contributed by atoms with van der Waals surface area (Å²) in [5.41, 5.74) is 3.02. The molecule has 1 aromatic heterocycles. The Kier molecular flexibility index (Phi) is 7.86. The number of hydrogen-bond donors (Lipinski definition) is 0. The maximum atomic E-state index is 14.1. The van der Waals surface area contributed by atoms with E-state index in [1.807, 2.05) is 24.3 Å². The average Bonchev–Trinajstić information content (AvgIpc) is 3.40. The zero-order valence-corrected chi connectivity index (χ0v) is 23.8. The monoisotopic (exact) mass is 563 g/mol. The Morgan fingerprint density at radius 3 is 2.49 bits per heavy atom. The van der Waals surface area contributed by atoms with Crippen molar-refractivity contribution >= 4 is 46.1 Å². The number of aromatic nitrogens is 1. The van der Waals surface area contributed by atoms with Gasteiger partial charge < -0.3 is 9.64 Å². The van der Waals surface area contributed by atoms with Gasteiger partial charge >= 0.3 is 5.97 Å². The first-order chi connectivity index (χ1) is 18.9. The molecule has 0 bridgehead atoms. The highest BCUT2D eigenvalue weighted by Crippen LogP contribution is 2.36. The number of anilines is 1. The number of halogens is 1. The van der Waals surface area contributed by atoms with Gasteiger partial charge in [-0.1, -0.05) is 85.9 Å². The first-order valence-electron chi connectivity index (χ1n) is 13.2. The highest BCUT2D eigenvalue weighted by Gasteiger charge is 2.37. The lowest BCUT2D eigenvalue weighted by molar-refractivity contribution is -0.136. The van der Waals surface area contributed by atoms with E-state index >= 15 is 0 Å². The number of nitrogens with zero attached hydrogens (tertiary/aromatic N) is 3. The molecule has 1 amide bonds. The summed E-state index contributed by atoms with van der Waals surface area (Å²) in [4.78, 5) is 47.7. The molecule has 0 saturated carbocycles. The zero-order valence-electron chi connectivity index (χ0n) is 22.2. The van der Waals surface area contributed by atoms with Crippen LogP contribution in [0.3, 0.4) is 0 Å². The molecule has 3 aromatic rings. The molecule has 0 N–H and O–H groups in total. The van der Waals surface area contributed by atoms with E-state index in [1.54, 1.807) is 36.1 Å². The number of hydrogen-bond acceptors (Lipinski definition) is 6. The van der Waals surface area contributed by atoms with Crippen molar-refractivity contribution in [1.82, 2.24) is 4.57 Å². The lowest BCUT2D eigenvalue weighted by Gasteiger charge is -2.24. The number of amides is 1. The Bertz CT molecular complexity index is 1650. The van der Waals surface area contributed by atoms with E-state index in [-0.39, 0.29) is 17.0 Å². The molecule has 9 heteroatoms. The van der Waals surface area contributed by atoms with Crippen molar-refractivity contribution in [2.75, 3.05) is 18.6 Å². The third-order valence-corrected chi connectivity index (χ3v) is 8.53. The molecule has 0 aliphatic carbocycles. The van der Waals surface area contributed by atoms with Gasteiger partial charge in [-0.3, -0.25) is 14.2 Å². The SMILES string of the molecule is CCCCCCCN1C(=O)/C(=c2/sc3n(c2=O)[C@@H](c2ccc(Cl)cc2)C(C(=O)OC)=C(C)N=3)c2ccccc21. The van der Waals surface area contributed by atoms with Gasteiger partial charge in [-0.25, -0.2) is 9.79 Å². The number of methoxy groups -OCH3 is 1. The molecule has 202 valence electrons. The molecule has 0 radical (unpaired) electrons. The fourth-order valence-electron chi connectivity index (χ4n) is 5.30. The summed E-state index contributed by atoms with van der Waals surface area (Å²) < 4.78 is 6.89. The van der Waals surface area contributed by atoms with E-state index in [1.165, 1.54) is 29.4 Å². The van der Waals surface area contributed by atoms with Gasteiger partial charge in [0, 0.05) is 17.1 Å². The van der Waals surface area contributed by atoms with Crippen molar-refractivity contribution in [3.63, 3.8) is 0 Å². The van der Waals surface area contributed by atoms with Crippen molar-refractivity contribution in [2.45, 2.75) is 52.0 Å². The van der Waals surface area contributed by atoms with Crippen LogP contribution in [-0.2, 0) is 14.3 Å². The number of unbranched alkanes of at least 4 members (excludes halogenated alkanes) is 4. The summed E-state index contributed by atoms with van der Waals surface area (Å²) in [7, 11) is 1.31. The van der Waals surface area contributed by atoms with E-state index in [9.17, 15) is 14.4 Å². The molecule has 0 unspecified atom stereocenters. The fourth-order valence-corrected chi connectivity index (χ4v) is 6.56. The lowest BCUT2D eigenvalue weighted by atomic mass is 9.96. The van der Waals surface area contributed by atoms with Crippen LogP contribution in [0.15, 0.2) is 69.6 Å². The van der Waals surface area contributed by atoms with Crippen molar-refractivity contribution in [1.29, 1.82) is 0 Å². The van der Waals surface area contributed by atoms with Crippen LogP contribution in [0.2, 0.25) is 5.02 Å². The van der Waals surface area contributed by atoms with E-state index in [0.29, 0.717) is 37.7 Å². The second kappa shape index (κ2) is 11.3. The summed E-state index contributed by atoms with van der Waals surface area (Å²) in [6.07, 6.45) is 5.42. The van der Waals surface area contributed by atoms with Crippen LogP contribution in [0.1, 0.15) is 63.1 Å². The van der Waals surface area contributed by atoms with E-state index in [2.05, 4.69) is 11.9 Å². The standard InChI is InChI=1S/C30H30ClN3O4S/c1-4-5-6-7-10-17-33-22-12-9-8-11-21(22)24(27(33)35)26-28(36)34-25(19-13-15-20(31)16-14-19)23(29(37)38-3)18(2)32-30(34)39-26/h8-9,11-16,25H,4-7,10,17H2,1-3H3/b26-24+/t25-/m0/s1. The van der Waals surface area contributed by atoms with Gasteiger partial charge in [0.25, 0.3) is 11.5 Å². The predicted octanol–water partition coefficient (Wildman–Crippen LogP) is 4.75. The Morgan fingerprint density at radius 2 is 1.77 bits per heavy atom. The topological polar surface area (TPSA) is 81.0 Å².